The van der Waals surface area contributed by atoms with Gasteiger partial charge in [0.2, 0.25) is 0 Å². The van der Waals surface area contributed by atoms with Gasteiger partial charge in [-0.25, -0.2) is 9.59 Å². The number of methoxy groups -OCH3 is 1. The van der Waals surface area contributed by atoms with E-state index in [-0.39, 0.29) is 30.5 Å². The molecule has 0 saturated carbocycles. The Kier molecular flexibility index (Phi) is 7.72. The molecule has 0 saturated heterocycles. The van der Waals surface area contributed by atoms with Crippen molar-refractivity contribution in [2.75, 3.05) is 26.9 Å². The molecule has 1 aromatic carbocycles. The maximum atomic E-state index is 12.8. The van der Waals surface area contributed by atoms with Crippen molar-refractivity contribution in [1.82, 2.24) is 10.2 Å². The third-order valence-electron chi connectivity index (χ3n) is 4.68. The van der Waals surface area contributed by atoms with Crippen molar-refractivity contribution in [2.45, 2.75) is 33.2 Å². The molecule has 1 aromatic rings. The summed E-state index contributed by atoms with van der Waals surface area (Å²) in [4.78, 5) is 37.7. The van der Waals surface area contributed by atoms with Gasteiger partial charge in [-0.1, -0.05) is 26.0 Å². The number of hydrogen-bond donors (Lipinski definition) is 1. The van der Waals surface area contributed by atoms with E-state index in [1.54, 1.807) is 13.0 Å². The van der Waals surface area contributed by atoms with Crippen LogP contribution in [0, 0.1) is 16.0 Å². The van der Waals surface area contributed by atoms with E-state index in [1.165, 1.54) is 30.2 Å². The summed E-state index contributed by atoms with van der Waals surface area (Å²) in [5, 5.41) is 13.9. The molecule has 2 rings (SSSR count). The van der Waals surface area contributed by atoms with Crippen LogP contribution in [0.15, 0.2) is 35.5 Å². The Bertz CT molecular complexity index is 805. The van der Waals surface area contributed by atoms with Gasteiger partial charge >= 0.3 is 12.0 Å². The van der Waals surface area contributed by atoms with Crippen LogP contribution in [0.4, 0.5) is 10.5 Å². The average Bonchev–Trinajstić information content (AvgIpc) is 2.67. The topological polar surface area (TPSA) is 111 Å². The molecule has 1 aliphatic rings. The molecule has 1 N–H and O–H groups in total. The lowest BCUT2D eigenvalue weighted by Gasteiger charge is -2.35. The second-order valence-electron chi connectivity index (χ2n) is 7.20. The average molecular weight is 405 g/mol. The first kappa shape index (κ1) is 22.4. The molecular weight excluding hydrogens is 378 g/mol. The molecule has 9 heteroatoms. The lowest BCUT2D eigenvalue weighted by molar-refractivity contribution is -0.384. The largest absolute Gasteiger partial charge is 0.460 e. The van der Waals surface area contributed by atoms with E-state index in [2.05, 4.69) is 5.32 Å². The molecule has 0 bridgehead atoms. The van der Waals surface area contributed by atoms with E-state index in [1.807, 2.05) is 13.8 Å². The van der Waals surface area contributed by atoms with Gasteiger partial charge in [-0.05, 0) is 24.8 Å². The number of ether oxygens (including phenoxy) is 2. The molecule has 0 fully saturated rings. The molecule has 0 spiro atoms. The van der Waals surface area contributed by atoms with Crippen LogP contribution in [0.2, 0.25) is 0 Å². The molecule has 1 aliphatic heterocycles. The van der Waals surface area contributed by atoms with Crippen LogP contribution in [-0.2, 0) is 14.3 Å². The molecule has 29 heavy (non-hydrogen) atoms. The van der Waals surface area contributed by atoms with E-state index < -0.39 is 16.9 Å². The Morgan fingerprint density at radius 3 is 2.69 bits per heavy atom. The number of rotatable bonds is 9. The van der Waals surface area contributed by atoms with Crippen molar-refractivity contribution in [3.8, 4) is 0 Å². The highest BCUT2D eigenvalue weighted by Crippen LogP contribution is 2.33. The van der Waals surface area contributed by atoms with Gasteiger partial charge in [0.15, 0.2) is 0 Å². The summed E-state index contributed by atoms with van der Waals surface area (Å²) < 4.78 is 10.2. The molecule has 0 radical (unpaired) electrons. The third-order valence-corrected chi connectivity index (χ3v) is 4.68. The number of nitro benzene ring substituents is 1. The second-order valence-corrected chi connectivity index (χ2v) is 7.20. The monoisotopic (exact) mass is 405 g/mol. The van der Waals surface area contributed by atoms with Gasteiger partial charge in [0.25, 0.3) is 5.69 Å². The number of nitro groups is 1. The number of amides is 2. The van der Waals surface area contributed by atoms with E-state index >= 15 is 0 Å². The maximum absolute atomic E-state index is 12.8. The fourth-order valence-electron chi connectivity index (χ4n) is 3.07. The molecule has 1 atom stereocenters. The van der Waals surface area contributed by atoms with Crippen molar-refractivity contribution >= 4 is 17.7 Å². The van der Waals surface area contributed by atoms with Crippen molar-refractivity contribution in [3.63, 3.8) is 0 Å². The van der Waals surface area contributed by atoms with Crippen molar-refractivity contribution in [3.05, 3.63) is 51.2 Å². The lowest BCUT2D eigenvalue weighted by Crippen LogP contribution is -2.48. The Morgan fingerprint density at radius 2 is 2.07 bits per heavy atom. The van der Waals surface area contributed by atoms with Crippen LogP contribution < -0.4 is 5.32 Å². The highest BCUT2D eigenvalue weighted by molar-refractivity contribution is 5.95. The second kappa shape index (κ2) is 10.0. The quantitative estimate of drug-likeness (QED) is 0.292. The summed E-state index contributed by atoms with van der Waals surface area (Å²) in [6.07, 6.45) is 0.762. The molecule has 9 nitrogen and oxygen atoms in total. The maximum Gasteiger partial charge on any atom is 0.338 e. The SMILES string of the molecule is COCCOC(=O)C1=C(C)N(CCC(C)C)C(=O)N[C@H]1c1cccc([N+](=O)[O-])c1. The number of hydrogen-bond acceptors (Lipinski definition) is 6. The number of benzene rings is 1. The van der Waals surface area contributed by atoms with Gasteiger partial charge < -0.3 is 14.8 Å². The van der Waals surface area contributed by atoms with Crippen LogP contribution in [0.1, 0.15) is 38.8 Å². The lowest BCUT2D eigenvalue weighted by atomic mass is 9.94. The predicted molar refractivity (Wildman–Crippen MR) is 106 cm³/mol. The summed E-state index contributed by atoms with van der Waals surface area (Å²) >= 11 is 0. The van der Waals surface area contributed by atoms with Gasteiger partial charge in [0, 0.05) is 31.5 Å². The van der Waals surface area contributed by atoms with E-state index in [0.717, 1.165) is 6.42 Å². The van der Waals surface area contributed by atoms with Crippen molar-refractivity contribution < 1.29 is 24.0 Å². The molecule has 0 unspecified atom stereocenters. The predicted octanol–water partition coefficient (Wildman–Crippen LogP) is 3.17. The van der Waals surface area contributed by atoms with Gasteiger partial charge in [-0.2, -0.15) is 0 Å². The van der Waals surface area contributed by atoms with Crippen molar-refractivity contribution in [2.24, 2.45) is 5.92 Å². The molecule has 0 aliphatic carbocycles. The molecule has 1 heterocycles. The standard InChI is InChI=1S/C20H27N3O6/c1-13(2)8-9-22-14(3)17(19(24)29-11-10-28-4)18(21-20(22)25)15-6-5-7-16(12-15)23(26)27/h5-7,12-13,18H,8-11H2,1-4H3,(H,21,25)/t18-/m0/s1. The van der Waals surface area contributed by atoms with E-state index in [4.69, 9.17) is 9.47 Å². The zero-order valence-corrected chi connectivity index (χ0v) is 17.1. The fraction of sp³-hybridized carbons (Fsp3) is 0.500. The first-order valence-electron chi connectivity index (χ1n) is 9.45. The smallest absolute Gasteiger partial charge is 0.338 e. The minimum absolute atomic E-state index is 0.0632. The number of nitrogens with one attached hydrogen (secondary N) is 1. The zero-order valence-electron chi connectivity index (χ0n) is 17.1. The molecular formula is C20H27N3O6. The Hall–Kier alpha value is -2.94. The van der Waals surface area contributed by atoms with Crippen LogP contribution in [0.25, 0.3) is 0 Å². The van der Waals surface area contributed by atoms with Gasteiger partial charge in [-0.15, -0.1) is 0 Å². The molecule has 2 amide bonds. The fourth-order valence-corrected chi connectivity index (χ4v) is 3.07. The number of nitrogens with zero attached hydrogens (tertiary/aromatic N) is 2. The highest BCUT2D eigenvalue weighted by Gasteiger charge is 2.36. The van der Waals surface area contributed by atoms with Crippen LogP contribution >= 0.6 is 0 Å². The number of urea groups is 1. The molecule has 158 valence electrons. The minimum atomic E-state index is -0.840. The van der Waals surface area contributed by atoms with E-state index in [9.17, 15) is 19.7 Å². The number of carbonyl (C=O) groups excluding carboxylic acids is 2. The van der Waals surface area contributed by atoms with Gasteiger partial charge in [0.1, 0.15) is 6.61 Å². The zero-order chi connectivity index (χ0) is 21.6. The summed E-state index contributed by atoms with van der Waals surface area (Å²) in [6, 6.07) is 4.67. The summed E-state index contributed by atoms with van der Waals surface area (Å²) in [7, 11) is 1.50. The first-order chi connectivity index (χ1) is 13.8. The Labute approximate surface area is 169 Å². The number of non-ortho nitro benzene ring substituents is 1. The summed E-state index contributed by atoms with van der Waals surface area (Å²) in [5.74, 6) is -0.215. The van der Waals surface area contributed by atoms with Crippen LogP contribution in [-0.4, -0.2) is 48.7 Å². The van der Waals surface area contributed by atoms with Crippen molar-refractivity contribution in [1.29, 1.82) is 0 Å². The normalized spacial score (nSPS) is 16.8. The Balaban J connectivity index is 2.45. The number of esters is 1. The first-order valence-corrected chi connectivity index (χ1v) is 9.45. The third kappa shape index (κ3) is 5.54. The summed E-state index contributed by atoms with van der Waals surface area (Å²) in [5.41, 5.74) is 1.05. The minimum Gasteiger partial charge on any atom is -0.460 e. The number of carbonyl (C=O) groups is 2. The Morgan fingerprint density at radius 1 is 1.34 bits per heavy atom. The summed E-state index contributed by atoms with van der Waals surface area (Å²) in [6.45, 7) is 6.54. The van der Waals surface area contributed by atoms with Crippen LogP contribution in [0.3, 0.4) is 0 Å². The highest BCUT2D eigenvalue weighted by atomic mass is 16.6. The van der Waals surface area contributed by atoms with Gasteiger partial charge in [-0.3, -0.25) is 15.0 Å². The van der Waals surface area contributed by atoms with E-state index in [0.29, 0.717) is 23.7 Å². The van der Waals surface area contributed by atoms with Crippen LogP contribution in [0.5, 0.6) is 0 Å². The van der Waals surface area contributed by atoms with Gasteiger partial charge in [0.05, 0.1) is 23.1 Å². The molecule has 0 aromatic heterocycles. The number of allylic oxidation sites excluding steroid dienone is 1.